The fourth-order valence-corrected chi connectivity index (χ4v) is 1.49. The van der Waals surface area contributed by atoms with E-state index in [1.165, 1.54) is 6.33 Å². The third kappa shape index (κ3) is 1.50. The fourth-order valence-electron chi connectivity index (χ4n) is 1.49. The summed E-state index contributed by atoms with van der Waals surface area (Å²) in [5.74, 6) is -0.618. The Bertz CT molecular complexity index is 549. The molecule has 0 saturated carbocycles. The van der Waals surface area contributed by atoms with Crippen LogP contribution in [0.5, 0.6) is 0 Å². The normalized spacial score (nSPS) is 10.2. The van der Waals surface area contributed by atoms with Crippen LogP contribution in [0.15, 0.2) is 24.5 Å². The number of aromatic nitrogens is 2. The van der Waals surface area contributed by atoms with E-state index < -0.39 is 5.78 Å². The van der Waals surface area contributed by atoms with Gasteiger partial charge in [-0.1, -0.05) is 18.2 Å². The van der Waals surface area contributed by atoms with Crippen molar-refractivity contribution in [1.82, 2.24) is 9.97 Å². The summed E-state index contributed by atoms with van der Waals surface area (Å²) in [4.78, 5) is 29.6. The topological polar surface area (TPSA) is 59.9 Å². The summed E-state index contributed by atoms with van der Waals surface area (Å²) in [6, 6.07) is 5.44. The van der Waals surface area contributed by atoms with E-state index in [1.807, 2.05) is 19.1 Å². The van der Waals surface area contributed by atoms with Crippen LogP contribution in [0.3, 0.4) is 0 Å². The maximum absolute atomic E-state index is 11.3. The molecule has 0 atom stereocenters. The molecular formula is C11H8N2O2. The van der Waals surface area contributed by atoms with Crippen LogP contribution in [0, 0.1) is 6.92 Å². The van der Waals surface area contributed by atoms with E-state index in [2.05, 4.69) is 9.97 Å². The van der Waals surface area contributed by atoms with Crippen molar-refractivity contribution in [2.24, 2.45) is 0 Å². The number of hydrogen-bond acceptors (Lipinski definition) is 4. The first-order chi connectivity index (χ1) is 7.24. The number of carbonyl (C=O) groups is 2. The third-order valence-electron chi connectivity index (χ3n) is 2.21. The quantitative estimate of drug-likeness (QED) is 0.416. The Morgan fingerprint density at radius 3 is 2.87 bits per heavy atom. The largest absolute Gasteiger partial charge is 0.294 e. The fraction of sp³-hybridized carbons (Fsp3) is 0.0909. The first-order valence-electron chi connectivity index (χ1n) is 4.44. The van der Waals surface area contributed by atoms with Crippen molar-refractivity contribution >= 4 is 23.0 Å². The Hall–Kier alpha value is -2.10. The molecule has 0 spiro atoms. The number of ketones is 1. The Morgan fingerprint density at radius 2 is 2.13 bits per heavy atom. The van der Waals surface area contributed by atoms with Gasteiger partial charge in [0.15, 0.2) is 6.29 Å². The van der Waals surface area contributed by atoms with Gasteiger partial charge in [-0.3, -0.25) is 9.59 Å². The number of fused-ring (bicyclic) bond motifs is 1. The number of hydrogen-bond donors (Lipinski definition) is 0. The summed E-state index contributed by atoms with van der Waals surface area (Å²) in [6.45, 7) is 1.89. The van der Waals surface area contributed by atoms with Crippen LogP contribution < -0.4 is 0 Å². The molecule has 0 aliphatic heterocycles. The van der Waals surface area contributed by atoms with Crippen molar-refractivity contribution in [2.75, 3.05) is 0 Å². The van der Waals surface area contributed by atoms with Crippen LogP contribution in [0.1, 0.15) is 16.1 Å². The van der Waals surface area contributed by atoms with E-state index in [0.29, 0.717) is 10.9 Å². The number of aryl methyl sites for hydroxylation is 1. The Morgan fingerprint density at radius 1 is 1.33 bits per heavy atom. The molecule has 4 heteroatoms. The number of rotatable bonds is 2. The lowest BCUT2D eigenvalue weighted by atomic mass is 10.1. The zero-order valence-corrected chi connectivity index (χ0v) is 8.10. The molecule has 0 aliphatic rings. The second-order valence-electron chi connectivity index (χ2n) is 3.18. The number of benzene rings is 1. The minimum Gasteiger partial charge on any atom is -0.294 e. The maximum Gasteiger partial charge on any atom is 0.244 e. The number of para-hydroxylation sites is 1. The molecule has 0 radical (unpaired) electrons. The molecule has 0 saturated heterocycles. The van der Waals surface area contributed by atoms with Crippen molar-refractivity contribution in [3.63, 3.8) is 0 Å². The van der Waals surface area contributed by atoms with Gasteiger partial charge < -0.3 is 0 Å². The molecule has 1 aromatic heterocycles. The molecule has 0 amide bonds. The molecule has 2 rings (SSSR count). The van der Waals surface area contributed by atoms with Gasteiger partial charge in [0.05, 0.1) is 5.52 Å². The van der Waals surface area contributed by atoms with Crippen molar-refractivity contribution in [2.45, 2.75) is 6.92 Å². The van der Waals surface area contributed by atoms with Crippen LogP contribution in [0.25, 0.3) is 10.9 Å². The minimum absolute atomic E-state index is 0.165. The van der Waals surface area contributed by atoms with E-state index >= 15 is 0 Å². The first-order valence-corrected chi connectivity index (χ1v) is 4.44. The van der Waals surface area contributed by atoms with Crippen LogP contribution >= 0.6 is 0 Å². The molecule has 1 heterocycles. The molecule has 0 bridgehead atoms. The van der Waals surface area contributed by atoms with Crippen molar-refractivity contribution in [3.8, 4) is 0 Å². The van der Waals surface area contributed by atoms with Gasteiger partial charge >= 0.3 is 0 Å². The van der Waals surface area contributed by atoms with Crippen LogP contribution in [0.2, 0.25) is 0 Å². The standard InChI is InChI=1S/C11H8N2O2/c1-7-3-2-4-8-10(7)12-6-13-11(8)9(15)5-14/h2-6H,1H3. The lowest BCUT2D eigenvalue weighted by molar-refractivity contribution is -0.104. The molecule has 0 aliphatic carbocycles. The van der Waals surface area contributed by atoms with Crippen LogP contribution in [-0.2, 0) is 4.79 Å². The smallest absolute Gasteiger partial charge is 0.244 e. The minimum atomic E-state index is -0.618. The van der Waals surface area contributed by atoms with Gasteiger partial charge in [-0.05, 0) is 12.5 Å². The Kier molecular flexibility index (Phi) is 2.25. The highest BCUT2D eigenvalue weighted by Crippen LogP contribution is 2.17. The van der Waals surface area contributed by atoms with Gasteiger partial charge in [0.2, 0.25) is 5.78 Å². The highest BCUT2D eigenvalue weighted by Gasteiger charge is 2.11. The van der Waals surface area contributed by atoms with E-state index in [9.17, 15) is 9.59 Å². The zero-order valence-electron chi connectivity index (χ0n) is 8.10. The van der Waals surface area contributed by atoms with E-state index in [1.54, 1.807) is 6.07 Å². The maximum atomic E-state index is 11.3. The lowest BCUT2D eigenvalue weighted by Crippen LogP contribution is -2.05. The first kappa shape index (κ1) is 9.45. The zero-order chi connectivity index (χ0) is 10.8. The van der Waals surface area contributed by atoms with Gasteiger partial charge in [0.1, 0.15) is 12.0 Å². The average molecular weight is 200 g/mol. The van der Waals surface area contributed by atoms with Crippen molar-refractivity contribution in [1.29, 1.82) is 0 Å². The molecule has 1 aromatic carbocycles. The molecule has 0 N–H and O–H groups in total. The summed E-state index contributed by atoms with van der Waals surface area (Å²) in [5, 5.41) is 0.620. The van der Waals surface area contributed by atoms with Crippen molar-refractivity contribution in [3.05, 3.63) is 35.8 Å². The van der Waals surface area contributed by atoms with Gasteiger partial charge in [-0.15, -0.1) is 0 Å². The number of nitrogens with zero attached hydrogens (tertiary/aromatic N) is 2. The molecule has 74 valence electrons. The molecule has 0 unspecified atom stereocenters. The predicted molar refractivity (Wildman–Crippen MR) is 54.7 cm³/mol. The van der Waals surface area contributed by atoms with Gasteiger partial charge in [-0.2, -0.15) is 0 Å². The monoisotopic (exact) mass is 200 g/mol. The van der Waals surface area contributed by atoms with Gasteiger partial charge in [-0.25, -0.2) is 9.97 Å². The summed E-state index contributed by atoms with van der Waals surface area (Å²) in [5.41, 5.74) is 1.83. The number of carbonyl (C=O) groups excluding carboxylic acids is 2. The summed E-state index contributed by atoms with van der Waals surface area (Å²) < 4.78 is 0. The highest BCUT2D eigenvalue weighted by atomic mass is 16.2. The van der Waals surface area contributed by atoms with E-state index in [0.717, 1.165) is 5.56 Å². The third-order valence-corrected chi connectivity index (χ3v) is 2.21. The predicted octanol–water partition coefficient (Wildman–Crippen LogP) is 1.32. The molecule has 4 nitrogen and oxygen atoms in total. The average Bonchev–Trinajstić information content (AvgIpc) is 2.28. The summed E-state index contributed by atoms with van der Waals surface area (Å²) in [7, 11) is 0. The van der Waals surface area contributed by atoms with Crippen molar-refractivity contribution < 1.29 is 9.59 Å². The van der Waals surface area contributed by atoms with E-state index in [4.69, 9.17) is 0 Å². The summed E-state index contributed by atoms with van der Waals surface area (Å²) >= 11 is 0. The Labute approximate surface area is 86.0 Å². The molecular weight excluding hydrogens is 192 g/mol. The molecule has 0 fully saturated rings. The molecule has 2 aromatic rings. The van der Waals surface area contributed by atoms with E-state index in [-0.39, 0.29) is 12.0 Å². The van der Waals surface area contributed by atoms with Crippen LogP contribution in [-0.4, -0.2) is 22.0 Å². The number of aldehydes is 1. The highest BCUT2D eigenvalue weighted by molar-refractivity contribution is 6.35. The second-order valence-corrected chi connectivity index (χ2v) is 3.18. The SMILES string of the molecule is Cc1cccc2c(C(=O)C=O)ncnc12. The Balaban J connectivity index is 2.82. The molecule has 15 heavy (non-hydrogen) atoms. The lowest BCUT2D eigenvalue weighted by Gasteiger charge is -2.02. The summed E-state index contributed by atoms with van der Waals surface area (Å²) in [6.07, 6.45) is 1.57. The second kappa shape index (κ2) is 3.57. The van der Waals surface area contributed by atoms with Crippen LogP contribution in [0.4, 0.5) is 0 Å². The van der Waals surface area contributed by atoms with Gasteiger partial charge in [0.25, 0.3) is 0 Å². The van der Waals surface area contributed by atoms with Gasteiger partial charge in [0, 0.05) is 5.39 Å². The number of Topliss-reactive ketones (excluding diaryl/α,β-unsaturated/α-hetero) is 1.